The highest BCUT2D eigenvalue weighted by Crippen LogP contribution is 2.23. The molecule has 0 saturated carbocycles. The number of aromatic nitrogens is 4. The summed E-state index contributed by atoms with van der Waals surface area (Å²) in [6.45, 7) is 4.76. The molecule has 0 fully saturated rings. The van der Waals surface area contributed by atoms with Crippen molar-refractivity contribution in [3.8, 4) is 11.4 Å². The summed E-state index contributed by atoms with van der Waals surface area (Å²) in [5.74, 6) is -1.80. The van der Waals surface area contributed by atoms with Crippen molar-refractivity contribution in [2.24, 2.45) is 0 Å². The van der Waals surface area contributed by atoms with Crippen molar-refractivity contribution in [3.63, 3.8) is 0 Å². The molecule has 0 unspecified atom stereocenters. The van der Waals surface area contributed by atoms with Crippen LogP contribution in [-0.2, 0) is 16.1 Å². The molecule has 8 nitrogen and oxygen atoms in total. The van der Waals surface area contributed by atoms with Gasteiger partial charge in [-0.2, -0.15) is 4.80 Å². The number of carbonyl (C=O) groups is 2. The van der Waals surface area contributed by atoms with Crippen molar-refractivity contribution in [1.29, 1.82) is 0 Å². The highest BCUT2D eigenvalue weighted by Gasteiger charge is 2.24. The number of carbonyl (C=O) groups excluding carboxylic acids is 2. The zero-order valence-corrected chi connectivity index (χ0v) is 18.4. The Kier molecular flexibility index (Phi) is 6.83. The molecule has 1 N–H and O–H groups in total. The topological polar surface area (TPSA) is 93.0 Å². The summed E-state index contributed by atoms with van der Waals surface area (Å²) < 4.78 is 26.7. The maximum atomic E-state index is 13.6. The molecular formula is C21H21ClF2N6O2. The van der Waals surface area contributed by atoms with Crippen LogP contribution in [-0.4, -0.2) is 44.1 Å². The van der Waals surface area contributed by atoms with E-state index < -0.39 is 29.0 Å². The minimum absolute atomic E-state index is 0.186. The highest BCUT2D eigenvalue weighted by molar-refractivity contribution is 6.31. The number of rotatable bonds is 6. The Hall–Kier alpha value is -3.40. The van der Waals surface area contributed by atoms with Crippen LogP contribution in [0, 0.1) is 11.6 Å². The van der Waals surface area contributed by atoms with E-state index in [1.807, 2.05) is 20.8 Å². The monoisotopic (exact) mass is 462 g/mol. The SMILES string of the molecule is CC(C)(C)NC(=O)CN(C(=O)Cn1nnc(-c2ccc(F)cc2)n1)c1ccc(F)c(Cl)c1. The Labute approximate surface area is 188 Å². The zero-order chi connectivity index (χ0) is 23.5. The first-order valence-corrected chi connectivity index (χ1v) is 10.00. The lowest BCUT2D eigenvalue weighted by Gasteiger charge is -2.26. The Morgan fingerprint density at radius 1 is 1.12 bits per heavy atom. The number of hydrogen-bond donors (Lipinski definition) is 1. The second kappa shape index (κ2) is 9.39. The number of nitrogens with zero attached hydrogens (tertiary/aromatic N) is 5. The molecule has 2 amide bonds. The van der Waals surface area contributed by atoms with Gasteiger partial charge in [0.2, 0.25) is 11.7 Å². The van der Waals surface area contributed by atoms with E-state index in [0.29, 0.717) is 5.56 Å². The molecule has 0 aliphatic carbocycles. The normalized spacial score (nSPS) is 11.3. The van der Waals surface area contributed by atoms with Crippen LogP contribution in [0.3, 0.4) is 0 Å². The molecular weight excluding hydrogens is 442 g/mol. The Morgan fingerprint density at radius 2 is 1.81 bits per heavy atom. The first-order valence-electron chi connectivity index (χ1n) is 9.62. The zero-order valence-electron chi connectivity index (χ0n) is 17.6. The largest absolute Gasteiger partial charge is 0.350 e. The van der Waals surface area contributed by atoms with E-state index in [1.165, 1.54) is 36.4 Å². The van der Waals surface area contributed by atoms with Gasteiger partial charge in [-0.15, -0.1) is 10.2 Å². The molecule has 0 spiro atoms. The molecule has 11 heteroatoms. The fourth-order valence-electron chi connectivity index (χ4n) is 2.81. The highest BCUT2D eigenvalue weighted by atomic mass is 35.5. The van der Waals surface area contributed by atoms with Gasteiger partial charge < -0.3 is 10.2 Å². The van der Waals surface area contributed by atoms with Gasteiger partial charge in [0.15, 0.2) is 0 Å². The van der Waals surface area contributed by atoms with Crippen LogP contribution in [0.2, 0.25) is 5.02 Å². The third kappa shape index (κ3) is 6.07. The molecule has 0 radical (unpaired) electrons. The summed E-state index contributed by atoms with van der Waals surface area (Å²) in [5, 5.41) is 14.4. The molecule has 0 bridgehead atoms. The van der Waals surface area contributed by atoms with Gasteiger partial charge in [-0.3, -0.25) is 9.59 Å². The Balaban J connectivity index is 1.82. The number of benzene rings is 2. The molecule has 32 heavy (non-hydrogen) atoms. The smallest absolute Gasteiger partial charge is 0.251 e. The number of tetrazole rings is 1. The number of hydrogen-bond acceptors (Lipinski definition) is 5. The molecule has 0 atom stereocenters. The lowest BCUT2D eigenvalue weighted by atomic mass is 10.1. The van der Waals surface area contributed by atoms with Crippen LogP contribution in [0.1, 0.15) is 20.8 Å². The standard InChI is InChI=1S/C21H21ClF2N6O2/c1-21(2,3)25-18(31)11-29(15-8-9-17(24)16(22)10-15)19(32)12-30-27-20(26-28-30)13-4-6-14(23)7-5-13/h4-10H,11-12H2,1-3H3,(H,25,31). The van der Waals surface area contributed by atoms with Gasteiger partial charge in [0, 0.05) is 16.8 Å². The lowest BCUT2D eigenvalue weighted by molar-refractivity contribution is -0.125. The van der Waals surface area contributed by atoms with E-state index in [4.69, 9.17) is 11.6 Å². The number of halogens is 3. The third-order valence-corrected chi connectivity index (χ3v) is 4.45. The van der Waals surface area contributed by atoms with Crippen molar-refractivity contribution in [2.45, 2.75) is 32.9 Å². The van der Waals surface area contributed by atoms with Gasteiger partial charge >= 0.3 is 0 Å². The van der Waals surface area contributed by atoms with Gasteiger partial charge in [-0.1, -0.05) is 11.6 Å². The van der Waals surface area contributed by atoms with Crippen molar-refractivity contribution < 1.29 is 18.4 Å². The minimum Gasteiger partial charge on any atom is -0.350 e. The van der Waals surface area contributed by atoms with Crippen molar-refractivity contribution >= 4 is 29.1 Å². The molecule has 168 valence electrons. The van der Waals surface area contributed by atoms with Gasteiger partial charge in [0.25, 0.3) is 5.91 Å². The third-order valence-electron chi connectivity index (χ3n) is 4.16. The van der Waals surface area contributed by atoms with Gasteiger partial charge in [0.05, 0.1) is 5.02 Å². The second-order valence-electron chi connectivity index (χ2n) is 8.03. The molecule has 0 saturated heterocycles. The number of nitrogens with one attached hydrogen (secondary N) is 1. The van der Waals surface area contributed by atoms with Crippen molar-refractivity contribution in [2.75, 3.05) is 11.4 Å². The Bertz CT molecular complexity index is 1130. The predicted octanol–water partition coefficient (Wildman–Crippen LogP) is 3.22. The minimum atomic E-state index is -0.649. The van der Waals surface area contributed by atoms with E-state index in [1.54, 1.807) is 0 Å². The maximum absolute atomic E-state index is 13.6. The van der Waals surface area contributed by atoms with Crippen LogP contribution < -0.4 is 10.2 Å². The second-order valence-corrected chi connectivity index (χ2v) is 8.43. The summed E-state index contributed by atoms with van der Waals surface area (Å²) in [7, 11) is 0. The fourth-order valence-corrected chi connectivity index (χ4v) is 2.98. The number of anilines is 1. The van der Waals surface area contributed by atoms with E-state index >= 15 is 0 Å². The summed E-state index contributed by atoms with van der Waals surface area (Å²) >= 11 is 5.87. The summed E-state index contributed by atoms with van der Waals surface area (Å²) in [6.07, 6.45) is 0. The first kappa shape index (κ1) is 23.3. The summed E-state index contributed by atoms with van der Waals surface area (Å²) in [5.41, 5.74) is 0.255. The molecule has 3 aromatic rings. The molecule has 0 aliphatic rings. The molecule has 3 rings (SSSR count). The van der Waals surface area contributed by atoms with Gasteiger partial charge in [-0.05, 0) is 68.4 Å². The maximum Gasteiger partial charge on any atom is 0.251 e. The van der Waals surface area contributed by atoms with E-state index in [9.17, 15) is 18.4 Å². The van der Waals surface area contributed by atoms with E-state index in [2.05, 4.69) is 20.7 Å². The van der Waals surface area contributed by atoms with Gasteiger partial charge in [0.1, 0.15) is 24.7 Å². The summed E-state index contributed by atoms with van der Waals surface area (Å²) in [4.78, 5) is 27.7. The van der Waals surface area contributed by atoms with Crippen molar-refractivity contribution in [1.82, 2.24) is 25.5 Å². The fraction of sp³-hybridized carbons (Fsp3) is 0.286. The average molecular weight is 463 g/mol. The number of amides is 2. The predicted molar refractivity (Wildman–Crippen MR) is 115 cm³/mol. The van der Waals surface area contributed by atoms with E-state index in [0.717, 1.165) is 15.8 Å². The van der Waals surface area contributed by atoms with E-state index in [-0.39, 0.29) is 29.6 Å². The average Bonchev–Trinajstić information content (AvgIpc) is 3.16. The summed E-state index contributed by atoms with van der Waals surface area (Å²) in [6, 6.07) is 9.22. The Morgan fingerprint density at radius 3 is 2.44 bits per heavy atom. The lowest BCUT2D eigenvalue weighted by Crippen LogP contribution is -2.48. The molecule has 1 aromatic heterocycles. The van der Waals surface area contributed by atoms with Crippen LogP contribution in [0.25, 0.3) is 11.4 Å². The molecule has 2 aromatic carbocycles. The van der Waals surface area contributed by atoms with Gasteiger partial charge in [-0.25, -0.2) is 8.78 Å². The van der Waals surface area contributed by atoms with Crippen LogP contribution in [0.4, 0.5) is 14.5 Å². The van der Waals surface area contributed by atoms with Crippen LogP contribution >= 0.6 is 11.6 Å². The molecule has 1 heterocycles. The van der Waals surface area contributed by atoms with Crippen LogP contribution in [0.15, 0.2) is 42.5 Å². The first-order chi connectivity index (χ1) is 15.0. The van der Waals surface area contributed by atoms with Crippen molar-refractivity contribution in [3.05, 3.63) is 59.1 Å². The quantitative estimate of drug-likeness (QED) is 0.607. The van der Waals surface area contributed by atoms with Crippen LogP contribution in [0.5, 0.6) is 0 Å². The molecule has 0 aliphatic heterocycles.